The topological polar surface area (TPSA) is 37.3 Å². The van der Waals surface area contributed by atoms with E-state index in [4.69, 9.17) is 0 Å². The predicted octanol–water partition coefficient (Wildman–Crippen LogP) is 3.98. The maximum absolute atomic E-state index is 11.2. The summed E-state index contributed by atoms with van der Waals surface area (Å²) in [5, 5.41) is 9.25. The fraction of sp³-hybridized carbons (Fsp3) is 0.562. The molecule has 0 heterocycles. The number of hydrogen-bond acceptors (Lipinski definition) is 1. The van der Waals surface area contributed by atoms with E-state index >= 15 is 0 Å². The third-order valence-electron chi connectivity index (χ3n) is 4.26. The Balaban J connectivity index is 2.44. The minimum absolute atomic E-state index is 0.125. The van der Waals surface area contributed by atoms with Gasteiger partial charge in [0, 0.05) is 5.41 Å². The van der Waals surface area contributed by atoms with Crippen molar-refractivity contribution in [2.45, 2.75) is 57.8 Å². The zero-order chi connectivity index (χ0) is 13.2. The third-order valence-corrected chi connectivity index (χ3v) is 4.26. The van der Waals surface area contributed by atoms with Crippen LogP contribution in [0.15, 0.2) is 18.2 Å². The molecular weight excluding hydrogens is 224 g/mol. The molecule has 2 nitrogen and oxygen atoms in total. The summed E-state index contributed by atoms with van der Waals surface area (Å²) in [6, 6.07) is 6.43. The van der Waals surface area contributed by atoms with Crippen LogP contribution >= 0.6 is 0 Å². The van der Waals surface area contributed by atoms with E-state index in [9.17, 15) is 9.90 Å². The normalized spacial score (nSPS) is 18.6. The molecule has 1 aromatic rings. The van der Waals surface area contributed by atoms with Crippen molar-refractivity contribution in [3.05, 3.63) is 34.9 Å². The summed E-state index contributed by atoms with van der Waals surface area (Å²) in [6.07, 6.45) is 5.86. The smallest absolute Gasteiger partial charge is 0.304 e. The number of aryl methyl sites for hydroxylation is 2. The number of carboxylic acid groups (broad SMARTS) is 1. The largest absolute Gasteiger partial charge is 0.481 e. The van der Waals surface area contributed by atoms with Crippen molar-refractivity contribution < 1.29 is 9.90 Å². The molecular formula is C16H22O2. The summed E-state index contributed by atoms with van der Waals surface area (Å²) in [5.41, 5.74) is 3.61. The molecule has 0 aromatic heterocycles. The molecule has 0 atom stereocenters. The second-order valence-electron chi connectivity index (χ2n) is 5.73. The lowest BCUT2D eigenvalue weighted by Crippen LogP contribution is -2.32. The summed E-state index contributed by atoms with van der Waals surface area (Å²) < 4.78 is 0. The highest BCUT2D eigenvalue weighted by atomic mass is 16.4. The maximum atomic E-state index is 11.2. The maximum Gasteiger partial charge on any atom is 0.304 e. The Labute approximate surface area is 109 Å². The Bertz CT molecular complexity index is 442. The fourth-order valence-electron chi connectivity index (χ4n) is 3.37. The Hall–Kier alpha value is -1.31. The van der Waals surface area contributed by atoms with Crippen LogP contribution in [-0.4, -0.2) is 11.1 Å². The van der Waals surface area contributed by atoms with Gasteiger partial charge in [-0.05, 0) is 37.8 Å². The summed E-state index contributed by atoms with van der Waals surface area (Å²) in [4.78, 5) is 11.2. The molecule has 98 valence electrons. The molecule has 1 aliphatic rings. The van der Waals surface area contributed by atoms with Crippen LogP contribution in [-0.2, 0) is 10.2 Å². The standard InChI is InChI=1S/C16H22O2/c1-12-6-7-13(2)14(10-12)16(11-15(17)18)8-4-3-5-9-16/h6-7,10H,3-5,8-9,11H2,1-2H3,(H,17,18). The first kappa shape index (κ1) is 13.1. The Morgan fingerprint density at radius 1 is 1.22 bits per heavy atom. The van der Waals surface area contributed by atoms with Crippen molar-refractivity contribution in [2.24, 2.45) is 0 Å². The van der Waals surface area contributed by atoms with E-state index in [1.54, 1.807) is 0 Å². The van der Waals surface area contributed by atoms with Gasteiger partial charge >= 0.3 is 5.97 Å². The Morgan fingerprint density at radius 3 is 2.50 bits per heavy atom. The molecule has 0 aliphatic heterocycles. The number of carbonyl (C=O) groups is 1. The highest BCUT2D eigenvalue weighted by Crippen LogP contribution is 2.43. The van der Waals surface area contributed by atoms with E-state index in [1.165, 1.54) is 23.1 Å². The quantitative estimate of drug-likeness (QED) is 0.875. The van der Waals surface area contributed by atoms with E-state index in [-0.39, 0.29) is 11.8 Å². The van der Waals surface area contributed by atoms with Crippen LogP contribution in [0.1, 0.15) is 55.2 Å². The van der Waals surface area contributed by atoms with Crippen LogP contribution < -0.4 is 0 Å². The van der Waals surface area contributed by atoms with Crippen LogP contribution in [0.2, 0.25) is 0 Å². The second-order valence-corrected chi connectivity index (χ2v) is 5.73. The van der Waals surface area contributed by atoms with Crippen molar-refractivity contribution in [1.82, 2.24) is 0 Å². The SMILES string of the molecule is Cc1ccc(C)c(C2(CC(=O)O)CCCCC2)c1. The molecule has 0 spiro atoms. The van der Waals surface area contributed by atoms with Crippen molar-refractivity contribution >= 4 is 5.97 Å². The van der Waals surface area contributed by atoms with Gasteiger partial charge in [-0.2, -0.15) is 0 Å². The molecule has 1 N–H and O–H groups in total. The minimum atomic E-state index is -0.669. The van der Waals surface area contributed by atoms with Crippen LogP contribution in [0.4, 0.5) is 0 Å². The van der Waals surface area contributed by atoms with E-state index < -0.39 is 5.97 Å². The van der Waals surface area contributed by atoms with Gasteiger partial charge in [0.05, 0.1) is 6.42 Å². The van der Waals surface area contributed by atoms with E-state index in [2.05, 4.69) is 32.0 Å². The molecule has 0 unspecified atom stereocenters. The van der Waals surface area contributed by atoms with Crippen LogP contribution in [0.25, 0.3) is 0 Å². The molecule has 0 saturated heterocycles. The van der Waals surface area contributed by atoms with Crippen molar-refractivity contribution in [3.8, 4) is 0 Å². The van der Waals surface area contributed by atoms with Crippen molar-refractivity contribution in [2.75, 3.05) is 0 Å². The highest BCUT2D eigenvalue weighted by Gasteiger charge is 2.37. The van der Waals surface area contributed by atoms with Gasteiger partial charge in [-0.3, -0.25) is 4.79 Å². The average molecular weight is 246 g/mol. The van der Waals surface area contributed by atoms with Crippen LogP contribution in [0.5, 0.6) is 0 Å². The molecule has 2 heteroatoms. The summed E-state index contributed by atoms with van der Waals surface area (Å²) in [6.45, 7) is 4.19. The van der Waals surface area contributed by atoms with Gasteiger partial charge in [0.15, 0.2) is 0 Å². The van der Waals surface area contributed by atoms with Crippen molar-refractivity contribution in [1.29, 1.82) is 0 Å². The molecule has 2 rings (SSSR count). The summed E-state index contributed by atoms with van der Waals surface area (Å²) in [7, 11) is 0. The van der Waals surface area contributed by atoms with Gasteiger partial charge in [-0.15, -0.1) is 0 Å². The molecule has 0 amide bonds. The minimum Gasteiger partial charge on any atom is -0.481 e. The monoisotopic (exact) mass is 246 g/mol. The average Bonchev–Trinajstić information content (AvgIpc) is 2.32. The first-order valence-electron chi connectivity index (χ1n) is 6.83. The molecule has 0 bridgehead atoms. The van der Waals surface area contributed by atoms with Crippen LogP contribution in [0, 0.1) is 13.8 Å². The number of aliphatic carboxylic acids is 1. The lowest BCUT2D eigenvalue weighted by molar-refractivity contribution is -0.138. The summed E-state index contributed by atoms with van der Waals surface area (Å²) in [5.74, 6) is -0.669. The number of benzene rings is 1. The van der Waals surface area contributed by atoms with Crippen molar-refractivity contribution in [3.63, 3.8) is 0 Å². The number of carboxylic acids is 1. The van der Waals surface area contributed by atoms with Gasteiger partial charge in [0.2, 0.25) is 0 Å². The van der Waals surface area contributed by atoms with Gasteiger partial charge in [0.25, 0.3) is 0 Å². The molecule has 1 aromatic carbocycles. The molecule has 18 heavy (non-hydrogen) atoms. The fourth-order valence-corrected chi connectivity index (χ4v) is 3.37. The third kappa shape index (κ3) is 2.58. The zero-order valence-electron chi connectivity index (χ0n) is 11.3. The van der Waals surface area contributed by atoms with E-state index in [1.807, 2.05) is 0 Å². The molecule has 1 saturated carbocycles. The predicted molar refractivity (Wildman–Crippen MR) is 72.9 cm³/mol. The molecule has 1 aliphatic carbocycles. The Kier molecular flexibility index (Phi) is 3.74. The lowest BCUT2D eigenvalue weighted by Gasteiger charge is -2.38. The van der Waals surface area contributed by atoms with Crippen LogP contribution in [0.3, 0.4) is 0 Å². The Morgan fingerprint density at radius 2 is 1.89 bits per heavy atom. The zero-order valence-corrected chi connectivity index (χ0v) is 11.3. The first-order valence-corrected chi connectivity index (χ1v) is 6.83. The van der Waals surface area contributed by atoms with E-state index in [0.29, 0.717) is 0 Å². The van der Waals surface area contributed by atoms with Gasteiger partial charge < -0.3 is 5.11 Å². The van der Waals surface area contributed by atoms with Gasteiger partial charge in [-0.1, -0.05) is 43.0 Å². The summed E-state index contributed by atoms with van der Waals surface area (Å²) >= 11 is 0. The van der Waals surface area contributed by atoms with Gasteiger partial charge in [0.1, 0.15) is 0 Å². The first-order chi connectivity index (χ1) is 8.53. The van der Waals surface area contributed by atoms with Gasteiger partial charge in [-0.25, -0.2) is 0 Å². The lowest BCUT2D eigenvalue weighted by atomic mass is 9.66. The van der Waals surface area contributed by atoms with E-state index in [0.717, 1.165) is 25.7 Å². The second kappa shape index (κ2) is 5.13. The highest BCUT2D eigenvalue weighted by molar-refractivity contribution is 5.69. The number of hydrogen-bond donors (Lipinski definition) is 1. The molecule has 0 radical (unpaired) electrons. The molecule has 1 fully saturated rings. The number of rotatable bonds is 3.